The lowest BCUT2D eigenvalue weighted by atomic mass is 9.99. The van der Waals surface area contributed by atoms with E-state index in [2.05, 4.69) is 49.1 Å². The fourth-order valence-corrected chi connectivity index (χ4v) is 3.12. The molecule has 20 heavy (non-hydrogen) atoms. The number of aromatic amines is 2. The number of H-pyrrole nitrogens is 2. The van der Waals surface area contributed by atoms with Crippen molar-refractivity contribution in [2.45, 2.75) is 23.6 Å². The standard InChI is InChI=1S/C14H12N2S4/c1-5-6(2)8-4-10(18)14(20)16-12(8)11-7(5)3-9(17)13(19)15-11/h3-4,17-18H,1-2H3,(H,15,19)(H,16,20). The van der Waals surface area contributed by atoms with Crippen molar-refractivity contribution in [1.82, 2.24) is 9.97 Å². The first-order valence-corrected chi connectivity index (χ1v) is 7.72. The maximum atomic E-state index is 5.29. The van der Waals surface area contributed by atoms with Gasteiger partial charge in [0.1, 0.15) is 9.28 Å². The van der Waals surface area contributed by atoms with Gasteiger partial charge in [-0.1, -0.05) is 24.4 Å². The van der Waals surface area contributed by atoms with Crippen LogP contribution in [0.3, 0.4) is 0 Å². The Morgan fingerprint density at radius 2 is 1.15 bits per heavy atom. The van der Waals surface area contributed by atoms with Crippen molar-refractivity contribution >= 4 is 71.5 Å². The highest BCUT2D eigenvalue weighted by Gasteiger charge is 2.11. The van der Waals surface area contributed by atoms with Gasteiger partial charge in [-0.2, -0.15) is 0 Å². The molecule has 0 fully saturated rings. The molecule has 0 spiro atoms. The second-order valence-corrected chi connectivity index (χ2v) is 6.57. The molecule has 102 valence electrons. The number of nitrogens with one attached hydrogen (secondary N) is 2. The number of aromatic nitrogens is 2. The lowest BCUT2D eigenvalue weighted by Gasteiger charge is -2.13. The van der Waals surface area contributed by atoms with Crippen molar-refractivity contribution in [2.75, 3.05) is 0 Å². The number of pyridine rings is 2. The van der Waals surface area contributed by atoms with E-state index in [-0.39, 0.29) is 0 Å². The van der Waals surface area contributed by atoms with E-state index in [1.165, 1.54) is 11.1 Å². The Morgan fingerprint density at radius 1 is 0.800 bits per heavy atom. The molecule has 3 aromatic rings. The number of aryl methyl sites for hydroxylation is 2. The Bertz CT molecular complexity index is 902. The minimum Gasteiger partial charge on any atom is -0.343 e. The molecule has 0 aliphatic heterocycles. The van der Waals surface area contributed by atoms with E-state index in [9.17, 15) is 0 Å². The van der Waals surface area contributed by atoms with Crippen molar-refractivity contribution in [1.29, 1.82) is 0 Å². The summed E-state index contributed by atoms with van der Waals surface area (Å²) in [6, 6.07) is 4.01. The van der Waals surface area contributed by atoms with E-state index in [1.54, 1.807) is 0 Å². The van der Waals surface area contributed by atoms with Crippen LogP contribution in [0.2, 0.25) is 0 Å². The van der Waals surface area contributed by atoms with Gasteiger partial charge in [-0.05, 0) is 37.1 Å². The highest BCUT2D eigenvalue weighted by Crippen LogP contribution is 2.32. The van der Waals surface area contributed by atoms with Gasteiger partial charge in [-0.3, -0.25) is 0 Å². The maximum Gasteiger partial charge on any atom is 0.117 e. The molecule has 2 N–H and O–H groups in total. The van der Waals surface area contributed by atoms with Gasteiger partial charge in [-0.25, -0.2) is 0 Å². The molecule has 2 nitrogen and oxygen atoms in total. The average molecular weight is 337 g/mol. The first-order chi connectivity index (χ1) is 9.40. The zero-order valence-electron chi connectivity index (χ0n) is 10.9. The number of rotatable bonds is 0. The smallest absolute Gasteiger partial charge is 0.117 e. The second-order valence-electron chi connectivity index (χ2n) is 4.79. The van der Waals surface area contributed by atoms with Crippen molar-refractivity contribution in [3.8, 4) is 0 Å². The molecule has 0 unspecified atom stereocenters. The molecule has 3 rings (SSSR count). The highest BCUT2D eigenvalue weighted by atomic mass is 32.1. The van der Waals surface area contributed by atoms with Gasteiger partial charge in [-0.15, -0.1) is 25.3 Å². The highest BCUT2D eigenvalue weighted by molar-refractivity contribution is 7.81. The third-order valence-corrected chi connectivity index (χ3v) is 5.32. The summed E-state index contributed by atoms with van der Waals surface area (Å²) in [7, 11) is 0. The first-order valence-electron chi connectivity index (χ1n) is 6.01. The van der Waals surface area contributed by atoms with Crippen molar-refractivity contribution in [3.63, 3.8) is 0 Å². The molecule has 0 saturated carbocycles. The van der Waals surface area contributed by atoms with E-state index in [0.717, 1.165) is 31.6 Å². The van der Waals surface area contributed by atoms with Crippen LogP contribution in [0.1, 0.15) is 11.1 Å². The van der Waals surface area contributed by atoms with Gasteiger partial charge in [0, 0.05) is 20.6 Å². The van der Waals surface area contributed by atoms with Crippen LogP contribution in [0.5, 0.6) is 0 Å². The molecule has 0 aliphatic carbocycles. The molecule has 0 atom stereocenters. The quantitative estimate of drug-likeness (QED) is 0.255. The van der Waals surface area contributed by atoms with Crippen LogP contribution >= 0.6 is 49.7 Å². The van der Waals surface area contributed by atoms with E-state index in [0.29, 0.717) is 9.28 Å². The maximum absolute atomic E-state index is 5.29. The Labute approximate surface area is 137 Å². The zero-order chi connectivity index (χ0) is 14.6. The van der Waals surface area contributed by atoms with Gasteiger partial charge in [0.2, 0.25) is 0 Å². The van der Waals surface area contributed by atoms with Gasteiger partial charge in [0.25, 0.3) is 0 Å². The van der Waals surface area contributed by atoms with Crippen LogP contribution < -0.4 is 0 Å². The summed E-state index contributed by atoms with van der Waals surface area (Å²) in [6.45, 7) is 4.20. The largest absolute Gasteiger partial charge is 0.343 e. The number of hydrogen-bond acceptors (Lipinski definition) is 4. The zero-order valence-corrected chi connectivity index (χ0v) is 14.3. The summed E-state index contributed by atoms with van der Waals surface area (Å²) < 4.78 is 1.25. The minimum absolute atomic E-state index is 0.625. The number of benzene rings is 1. The molecule has 0 saturated heterocycles. The van der Waals surface area contributed by atoms with Crippen molar-refractivity contribution in [2.24, 2.45) is 0 Å². The Morgan fingerprint density at radius 3 is 1.50 bits per heavy atom. The second kappa shape index (κ2) is 4.87. The fraction of sp³-hybridized carbons (Fsp3) is 0.143. The average Bonchev–Trinajstić information content (AvgIpc) is 2.41. The van der Waals surface area contributed by atoms with Crippen LogP contribution in [0.15, 0.2) is 21.9 Å². The summed E-state index contributed by atoms with van der Waals surface area (Å²) in [5.74, 6) is 0. The summed E-state index contributed by atoms with van der Waals surface area (Å²) in [4.78, 5) is 8.06. The molecular formula is C14H12N2S4. The first kappa shape index (κ1) is 14.1. The number of thiol groups is 2. The van der Waals surface area contributed by atoms with E-state index < -0.39 is 0 Å². The van der Waals surface area contributed by atoms with Crippen LogP contribution in [0.25, 0.3) is 21.8 Å². The SMILES string of the molecule is Cc1c(C)c2cc(S)c(=S)[nH]c2c2[nH]c(=S)c(S)cc12. The molecule has 2 heterocycles. The molecule has 6 heteroatoms. The molecule has 0 aliphatic rings. The third kappa shape index (κ3) is 2.02. The normalized spacial score (nSPS) is 11.4. The predicted octanol–water partition coefficient (Wildman–Crippen LogP) is 5.30. The molecule has 0 bridgehead atoms. The van der Waals surface area contributed by atoms with Crippen LogP contribution in [0, 0.1) is 23.1 Å². The fourth-order valence-electron chi connectivity index (χ4n) is 2.43. The predicted molar refractivity (Wildman–Crippen MR) is 95.8 cm³/mol. The van der Waals surface area contributed by atoms with E-state index >= 15 is 0 Å². The summed E-state index contributed by atoms with van der Waals surface area (Å²) in [6.07, 6.45) is 0. The van der Waals surface area contributed by atoms with Crippen LogP contribution in [-0.4, -0.2) is 9.97 Å². The van der Waals surface area contributed by atoms with Gasteiger partial charge in [0.15, 0.2) is 0 Å². The lowest BCUT2D eigenvalue weighted by Crippen LogP contribution is -1.94. The van der Waals surface area contributed by atoms with E-state index in [4.69, 9.17) is 24.4 Å². The number of fused-ring (bicyclic) bond motifs is 3. The monoisotopic (exact) mass is 336 g/mol. The summed E-state index contributed by atoms with van der Waals surface area (Å²) in [5.41, 5.74) is 4.33. The Balaban J connectivity index is 2.71. The molecular weight excluding hydrogens is 324 g/mol. The Kier molecular flexibility index (Phi) is 3.44. The molecule has 0 amide bonds. The Hall–Kier alpha value is -0.820. The van der Waals surface area contributed by atoms with Crippen LogP contribution in [0.4, 0.5) is 0 Å². The van der Waals surface area contributed by atoms with Crippen molar-refractivity contribution < 1.29 is 0 Å². The van der Waals surface area contributed by atoms with Gasteiger partial charge >= 0.3 is 0 Å². The lowest BCUT2D eigenvalue weighted by molar-refractivity contribution is 1.23. The summed E-state index contributed by atoms with van der Waals surface area (Å²) in [5, 5.41) is 2.21. The van der Waals surface area contributed by atoms with Gasteiger partial charge < -0.3 is 9.97 Å². The van der Waals surface area contributed by atoms with E-state index in [1.807, 2.05) is 12.1 Å². The van der Waals surface area contributed by atoms with Crippen LogP contribution in [-0.2, 0) is 0 Å². The third-order valence-electron chi connectivity index (χ3n) is 3.66. The minimum atomic E-state index is 0.625. The summed E-state index contributed by atoms with van der Waals surface area (Å²) >= 11 is 19.4. The molecule has 1 aromatic carbocycles. The number of hydrogen-bond donors (Lipinski definition) is 4. The van der Waals surface area contributed by atoms with Gasteiger partial charge in [0.05, 0.1) is 11.0 Å². The topological polar surface area (TPSA) is 31.6 Å². The van der Waals surface area contributed by atoms with Crippen molar-refractivity contribution in [3.05, 3.63) is 32.5 Å². The molecule has 2 aromatic heterocycles. The molecule has 0 radical (unpaired) electrons.